The van der Waals surface area contributed by atoms with E-state index in [0.29, 0.717) is 10.6 Å². The van der Waals surface area contributed by atoms with Crippen LogP contribution in [0.25, 0.3) is 16.6 Å². The number of ketones is 1. The van der Waals surface area contributed by atoms with Crippen molar-refractivity contribution >= 4 is 28.8 Å². The van der Waals surface area contributed by atoms with Crippen molar-refractivity contribution < 1.29 is 14.4 Å². The minimum Gasteiger partial charge on any atom is -0.313 e. The van der Waals surface area contributed by atoms with Crippen LogP contribution in [-0.4, -0.2) is 22.7 Å². The van der Waals surface area contributed by atoms with Gasteiger partial charge in [0.05, 0.1) is 6.61 Å². The lowest BCUT2D eigenvalue weighted by atomic mass is 10.0. The summed E-state index contributed by atoms with van der Waals surface area (Å²) >= 11 is 5.94. The molecular weight excluding hydrogens is 328 g/mol. The highest BCUT2D eigenvalue weighted by Crippen LogP contribution is 2.29. The second kappa shape index (κ2) is 6.86. The van der Waals surface area contributed by atoms with E-state index in [9.17, 15) is 9.59 Å². The predicted octanol–water partition coefficient (Wildman–Crippen LogP) is 3.51. The van der Waals surface area contributed by atoms with E-state index in [2.05, 4.69) is 5.48 Å². The van der Waals surface area contributed by atoms with E-state index in [0.717, 1.165) is 11.1 Å². The van der Waals surface area contributed by atoms with Crippen LogP contribution in [0.3, 0.4) is 0 Å². The van der Waals surface area contributed by atoms with E-state index in [-0.39, 0.29) is 12.3 Å². The average Bonchev–Trinajstić information content (AvgIpc) is 2.99. The van der Waals surface area contributed by atoms with Gasteiger partial charge in [-0.05, 0) is 42.8 Å². The molecule has 3 rings (SSSR count). The maximum absolute atomic E-state index is 12.6. The lowest BCUT2D eigenvalue weighted by Crippen LogP contribution is -2.32. The van der Waals surface area contributed by atoms with E-state index in [4.69, 9.17) is 16.4 Å². The number of carbonyl (C=O) groups excluding carboxylic acids is 2. The third kappa shape index (κ3) is 3.04. The third-order valence-electron chi connectivity index (χ3n) is 3.57. The molecule has 0 aliphatic heterocycles. The van der Waals surface area contributed by atoms with Crippen LogP contribution in [0, 0.1) is 0 Å². The van der Waals surface area contributed by atoms with Crippen LogP contribution in [0.1, 0.15) is 17.4 Å². The Hall–Kier alpha value is -2.63. The maximum Gasteiger partial charge on any atom is 0.317 e. The van der Waals surface area contributed by atoms with Gasteiger partial charge in [-0.1, -0.05) is 29.8 Å². The van der Waals surface area contributed by atoms with Crippen molar-refractivity contribution in [1.29, 1.82) is 0 Å². The largest absolute Gasteiger partial charge is 0.317 e. The molecule has 1 amide bonds. The fraction of sp³-hybridized carbons (Fsp3) is 0.111. The van der Waals surface area contributed by atoms with Crippen molar-refractivity contribution in [3.63, 3.8) is 0 Å². The van der Waals surface area contributed by atoms with Gasteiger partial charge >= 0.3 is 5.91 Å². The number of hydrogen-bond acceptors (Lipinski definition) is 3. The van der Waals surface area contributed by atoms with Crippen LogP contribution in [0.15, 0.2) is 54.7 Å². The first-order valence-electron chi connectivity index (χ1n) is 7.44. The van der Waals surface area contributed by atoms with Gasteiger partial charge in [0.15, 0.2) is 0 Å². The summed E-state index contributed by atoms with van der Waals surface area (Å²) in [6.45, 7) is 1.99. The molecule has 2 heterocycles. The zero-order valence-electron chi connectivity index (χ0n) is 13.0. The van der Waals surface area contributed by atoms with Gasteiger partial charge in [-0.25, -0.2) is 5.48 Å². The summed E-state index contributed by atoms with van der Waals surface area (Å²) in [6, 6.07) is 14.5. The molecule has 2 aromatic heterocycles. The number of Topliss-reactive ketones (excluding diaryl/α,β-unsaturated/α-hetero) is 1. The van der Waals surface area contributed by atoms with Crippen LogP contribution >= 0.6 is 11.6 Å². The Bertz CT molecular complexity index is 900. The van der Waals surface area contributed by atoms with Crippen LogP contribution in [0.5, 0.6) is 0 Å². The van der Waals surface area contributed by atoms with Gasteiger partial charge in [-0.3, -0.25) is 14.4 Å². The minimum absolute atomic E-state index is 0.276. The molecule has 0 unspecified atom stereocenters. The van der Waals surface area contributed by atoms with Crippen LogP contribution < -0.4 is 5.48 Å². The van der Waals surface area contributed by atoms with E-state index < -0.39 is 11.7 Å². The Morgan fingerprint density at radius 1 is 1.17 bits per heavy atom. The fourth-order valence-corrected chi connectivity index (χ4v) is 2.62. The molecule has 3 aromatic rings. The lowest BCUT2D eigenvalue weighted by Gasteiger charge is -2.07. The van der Waals surface area contributed by atoms with Crippen molar-refractivity contribution in [2.24, 2.45) is 0 Å². The average molecular weight is 343 g/mol. The minimum atomic E-state index is -0.809. The molecule has 24 heavy (non-hydrogen) atoms. The molecule has 0 spiro atoms. The van der Waals surface area contributed by atoms with Crippen LogP contribution in [0.4, 0.5) is 0 Å². The molecule has 0 fully saturated rings. The smallest absolute Gasteiger partial charge is 0.313 e. The van der Waals surface area contributed by atoms with E-state index in [1.807, 2.05) is 30.3 Å². The first kappa shape index (κ1) is 16.2. The number of rotatable bonds is 5. The number of hydroxylamine groups is 1. The molecule has 0 radical (unpaired) electrons. The molecule has 6 heteroatoms. The summed E-state index contributed by atoms with van der Waals surface area (Å²) in [6.07, 6.45) is 1.75. The zero-order chi connectivity index (χ0) is 17.1. The molecule has 0 bridgehead atoms. The Labute approximate surface area is 143 Å². The molecule has 0 aliphatic rings. The number of amides is 1. The van der Waals surface area contributed by atoms with Gasteiger partial charge in [0.25, 0.3) is 5.78 Å². The monoisotopic (exact) mass is 342 g/mol. The van der Waals surface area contributed by atoms with Crippen molar-refractivity contribution in [2.45, 2.75) is 6.92 Å². The highest BCUT2D eigenvalue weighted by molar-refractivity contribution is 6.43. The van der Waals surface area contributed by atoms with Gasteiger partial charge in [0.1, 0.15) is 5.69 Å². The normalized spacial score (nSPS) is 10.8. The molecule has 0 atom stereocenters. The van der Waals surface area contributed by atoms with Gasteiger partial charge in [-0.2, -0.15) is 0 Å². The maximum atomic E-state index is 12.6. The standard InChI is InChI=1S/C18H15ClN2O3/c1-2-24-20-18(23)17(22)16-15(12-6-8-13(19)9-7-12)11-14-5-3-4-10-21(14)16/h3-11H,2H2,1H3,(H,20,23). The van der Waals surface area contributed by atoms with Crippen LogP contribution in [0.2, 0.25) is 5.02 Å². The van der Waals surface area contributed by atoms with Crippen LogP contribution in [-0.2, 0) is 9.63 Å². The molecule has 0 aliphatic carbocycles. The summed E-state index contributed by atoms with van der Waals surface area (Å²) in [7, 11) is 0. The predicted molar refractivity (Wildman–Crippen MR) is 91.9 cm³/mol. The SMILES string of the molecule is CCONC(=O)C(=O)c1c(-c2ccc(Cl)cc2)cc2ccccn12. The molecule has 5 nitrogen and oxygen atoms in total. The van der Waals surface area contributed by atoms with Crippen molar-refractivity contribution in [3.8, 4) is 11.1 Å². The van der Waals surface area contributed by atoms with Crippen molar-refractivity contribution in [3.05, 3.63) is 65.4 Å². The molecule has 1 N–H and O–H groups in total. The van der Waals surface area contributed by atoms with Gasteiger partial charge in [0.2, 0.25) is 0 Å². The quantitative estimate of drug-likeness (QED) is 0.438. The number of pyridine rings is 1. The van der Waals surface area contributed by atoms with Gasteiger partial charge < -0.3 is 4.40 Å². The van der Waals surface area contributed by atoms with Gasteiger partial charge in [-0.15, -0.1) is 0 Å². The molecule has 1 aromatic carbocycles. The first-order chi connectivity index (χ1) is 11.6. The van der Waals surface area contributed by atoms with E-state index >= 15 is 0 Å². The Morgan fingerprint density at radius 3 is 2.62 bits per heavy atom. The number of nitrogens with one attached hydrogen (secondary N) is 1. The Morgan fingerprint density at radius 2 is 1.92 bits per heavy atom. The number of nitrogens with zero attached hydrogens (tertiary/aromatic N) is 1. The summed E-state index contributed by atoms with van der Waals surface area (Å²) in [5, 5.41) is 0.601. The van der Waals surface area contributed by atoms with E-state index in [1.165, 1.54) is 0 Å². The summed E-state index contributed by atoms with van der Waals surface area (Å²) in [5.74, 6) is -1.48. The number of benzene rings is 1. The van der Waals surface area contributed by atoms with Gasteiger partial charge in [0, 0.05) is 22.3 Å². The second-order valence-corrected chi connectivity index (χ2v) is 5.54. The number of fused-ring (bicyclic) bond motifs is 1. The third-order valence-corrected chi connectivity index (χ3v) is 3.82. The highest BCUT2D eigenvalue weighted by atomic mass is 35.5. The number of hydrogen-bond donors (Lipinski definition) is 1. The van der Waals surface area contributed by atoms with Crippen molar-refractivity contribution in [1.82, 2.24) is 9.88 Å². The first-order valence-corrected chi connectivity index (χ1v) is 7.82. The second-order valence-electron chi connectivity index (χ2n) is 5.10. The highest BCUT2D eigenvalue weighted by Gasteiger charge is 2.24. The fourth-order valence-electron chi connectivity index (χ4n) is 2.50. The topological polar surface area (TPSA) is 59.8 Å². The number of halogens is 1. The van der Waals surface area contributed by atoms with E-state index in [1.54, 1.807) is 35.7 Å². The molecule has 0 saturated heterocycles. The summed E-state index contributed by atoms with van der Waals surface area (Å²) in [5.41, 5.74) is 4.71. The summed E-state index contributed by atoms with van der Waals surface area (Å²) in [4.78, 5) is 29.6. The molecule has 122 valence electrons. The van der Waals surface area contributed by atoms with Crippen molar-refractivity contribution in [2.75, 3.05) is 6.61 Å². The Kier molecular flexibility index (Phi) is 4.64. The summed E-state index contributed by atoms with van der Waals surface area (Å²) < 4.78 is 1.69. The molecular formula is C18H15ClN2O3. The number of aromatic nitrogens is 1. The number of carbonyl (C=O) groups is 2. The molecule has 0 saturated carbocycles. The zero-order valence-corrected chi connectivity index (χ0v) is 13.7. The lowest BCUT2D eigenvalue weighted by molar-refractivity contribution is -0.128. The Balaban J connectivity index is 2.13.